The molecule has 7 heteroatoms. The minimum atomic E-state index is 0. The Labute approximate surface area is 200 Å². The molecule has 4 saturated heterocycles. The summed E-state index contributed by atoms with van der Waals surface area (Å²) < 4.78 is 0. The topological polar surface area (TPSA) is 56.4 Å². The number of hydrogen-bond donors (Lipinski definition) is 0. The summed E-state index contributed by atoms with van der Waals surface area (Å²) in [5.41, 5.74) is 0. The number of rotatable bonds is 0. The fraction of sp³-hybridized carbons (Fsp3) is 1.00. The van der Waals surface area contributed by atoms with Crippen molar-refractivity contribution < 1.29 is 50.5 Å². The van der Waals surface area contributed by atoms with E-state index >= 15 is 0 Å². The molecule has 0 aromatic heterocycles. The molecule has 0 bridgehead atoms. The van der Waals surface area contributed by atoms with Crippen LogP contribution in [0.25, 0.3) is 21.3 Å². The molecule has 0 radical (unpaired) electrons. The normalized spacial score (nSPS) is 21.3. The fourth-order valence-electron chi connectivity index (χ4n) is 2.94. The van der Waals surface area contributed by atoms with Crippen molar-refractivity contribution in [1.29, 1.82) is 0 Å². The minimum Gasteiger partial charge on any atom is -1.00 e. The quantitative estimate of drug-likeness (QED) is 0.384. The van der Waals surface area contributed by atoms with Gasteiger partial charge in [0.2, 0.25) is 0 Å². The van der Waals surface area contributed by atoms with Crippen molar-refractivity contribution in [2.24, 2.45) is 0 Å². The molecular formula is C20H40Br2N4Ni-6. The Morgan fingerprint density at radius 3 is 0.444 bits per heavy atom. The summed E-state index contributed by atoms with van der Waals surface area (Å²) in [5, 5.41) is 16.7. The average molecular weight is 555 g/mol. The predicted octanol–water partition coefficient (Wildman–Crippen LogP) is 0.182. The van der Waals surface area contributed by atoms with Crippen molar-refractivity contribution in [3.63, 3.8) is 0 Å². The van der Waals surface area contributed by atoms with Gasteiger partial charge in [0.1, 0.15) is 0 Å². The van der Waals surface area contributed by atoms with Crippen molar-refractivity contribution in [2.75, 3.05) is 52.4 Å². The standard InChI is InChI=1S/4C5H10N.2BrH.Ni/c4*1-2-4-6-5-3-1;;;/h4*1-5H2;2*1H;/q4*-1;;;/p-2. The van der Waals surface area contributed by atoms with Crippen molar-refractivity contribution >= 4 is 0 Å². The van der Waals surface area contributed by atoms with Crippen LogP contribution in [0.5, 0.6) is 0 Å². The Bertz CT molecular complexity index is 142. The van der Waals surface area contributed by atoms with Gasteiger partial charge in [0.05, 0.1) is 0 Å². The molecule has 4 aliphatic heterocycles. The van der Waals surface area contributed by atoms with E-state index in [1.165, 1.54) is 77.0 Å². The monoisotopic (exact) mass is 552 g/mol. The SMILES string of the molecule is C1CC[N-]CC1.C1CC[N-]CC1.C1CC[N-]CC1.C1CC[N-]CC1.[Br-].[Br-].[Ni]. The molecule has 4 nitrogen and oxygen atoms in total. The van der Waals surface area contributed by atoms with E-state index in [4.69, 9.17) is 0 Å². The van der Waals surface area contributed by atoms with E-state index < -0.39 is 0 Å². The fourth-order valence-corrected chi connectivity index (χ4v) is 2.94. The summed E-state index contributed by atoms with van der Waals surface area (Å²) in [6, 6.07) is 0. The second kappa shape index (κ2) is 29.5. The molecular weight excluding hydrogens is 515 g/mol. The van der Waals surface area contributed by atoms with Gasteiger partial charge in [0.25, 0.3) is 0 Å². The van der Waals surface area contributed by atoms with Gasteiger partial charge in [-0.05, 0) is 0 Å². The maximum atomic E-state index is 4.18. The Morgan fingerprint density at radius 2 is 0.407 bits per heavy atom. The molecule has 0 atom stereocenters. The molecule has 4 rings (SSSR count). The van der Waals surface area contributed by atoms with Crippen molar-refractivity contribution in [2.45, 2.75) is 77.0 Å². The third-order valence-corrected chi connectivity index (χ3v) is 4.53. The second-order valence-electron chi connectivity index (χ2n) is 6.93. The molecule has 4 aliphatic rings. The van der Waals surface area contributed by atoms with E-state index in [1.54, 1.807) is 0 Å². The molecule has 0 amide bonds. The van der Waals surface area contributed by atoms with Gasteiger partial charge in [-0.2, -0.15) is 0 Å². The van der Waals surface area contributed by atoms with E-state index in [0.29, 0.717) is 0 Å². The third-order valence-electron chi connectivity index (χ3n) is 4.53. The summed E-state index contributed by atoms with van der Waals surface area (Å²) in [5.74, 6) is 0. The number of halogens is 2. The Morgan fingerprint density at radius 1 is 0.259 bits per heavy atom. The van der Waals surface area contributed by atoms with Crippen LogP contribution in [0.2, 0.25) is 0 Å². The first-order valence-corrected chi connectivity index (χ1v) is 10.5. The van der Waals surface area contributed by atoms with Gasteiger partial charge in [0, 0.05) is 16.5 Å². The molecule has 0 aromatic carbocycles. The largest absolute Gasteiger partial charge is 1.00 e. The molecule has 4 heterocycles. The molecule has 0 aromatic rings. The summed E-state index contributed by atoms with van der Waals surface area (Å²) in [6.07, 6.45) is 16.3. The molecule has 4 fully saturated rings. The summed E-state index contributed by atoms with van der Waals surface area (Å²) in [7, 11) is 0. The van der Waals surface area contributed by atoms with E-state index in [2.05, 4.69) is 21.3 Å². The average Bonchev–Trinajstić information content (AvgIpc) is 2.75. The van der Waals surface area contributed by atoms with Crippen LogP contribution in [0.1, 0.15) is 77.0 Å². The van der Waals surface area contributed by atoms with Crippen LogP contribution in [0.15, 0.2) is 0 Å². The zero-order valence-corrected chi connectivity index (χ0v) is 21.2. The van der Waals surface area contributed by atoms with E-state index in [-0.39, 0.29) is 50.5 Å². The van der Waals surface area contributed by atoms with Crippen LogP contribution in [0.4, 0.5) is 0 Å². The number of piperidine rings is 4. The van der Waals surface area contributed by atoms with Crippen molar-refractivity contribution in [3.8, 4) is 0 Å². The Hall–Kier alpha value is 1.29. The van der Waals surface area contributed by atoms with Gasteiger partial charge in [-0.15, -0.1) is 52.4 Å². The van der Waals surface area contributed by atoms with Crippen molar-refractivity contribution in [3.05, 3.63) is 21.3 Å². The van der Waals surface area contributed by atoms with Gasteiger partial charge in [0.15, 0.2) is 0 Å². The zero-order chi connectivity index (χ0) is 17.0. The first kappa shape index (κ1) is 32.9. The maximum absolute atomic E-state index is 4.18. The molecule has 0 spiro atoms. The minimum absolute atomic E-state index is 0. The predicted molar refractivity (Wildman–Crippen MR) is 108 cm³/mol. The van der Waals surface area contributed by atoms with Crippen LogP contribution in [-0.4, -0.2) is 52.4 Å². The molecule has 0 saturated carbocycles. The third kappa shape index (κ3) is 27.3. The first-order valence-electron chi connectivity index (χ1n) is 10.5. The van der Waals surface area contributed by atoms with E-state index in [9.17, 15) is 0 Å². The van der Waals surface area contributed by atoms with Crippen LogP contribution >= 0.6 is 0 Å². The smallest absolute Gasteiger partial charge is 0 e. The summed E-state index contributed by atoms with van der Waals surface area (Å²) in [6.45, 7) is 9.00. The molecule has 0 unspecified atom stereocenters. The van der Waals surface area contributed by atoms with Crippen molar-refractivity contribution in [1.82, 2.24) is 0 Å². The molecule has 170 valence electrons. The second-order valence-corrected chi connectivity index (χ2v) is 6.93. The number of hydrogen-bond acceptors (Lipinski definition) is 0. The van der Waals surface area contributed by atoms with E-state index in [0.717, 1.165) is 52.4 Å². The van der Waals surface area contributed by atoms with Gasteiger partial charge in [-0.3, -0.25) is 0 Å². The van der Waals surface area contributed by atoms with Gasteiger partial charge < -0.3 is 55.2 Å². The Kier molecular flexibility index (Phi) is 36.0. The van der Waals surface area contributed by atoms with Crippen LogP contribution in [-0.2, 0) is 16.5 Å². The van der Waals surface area contributed by atoms with Gasteiger partial charge in [-0.25, -0.2) is 0 Å². The van der Waals surface area contributed by atoms with Crippen LogP contribution in [0, 0.1) is 0 Å². The van der Waals surface area contributed by atoms with Gasteiger partial charge in [-0.1, -0.05) is 77.0 Å². The first-order chi connectivity index (χ1) is 12.0. The molecule has 0 N–H and O–H groups in total. The number of nitrogens with zero attached hydrogens (tertiary/aromatic N) is 4. The van der Waals surface area contributed by atoms with Gasteiger partial charge >= 0.3 is 0 Å². The van der Waals surface area contributed by atoms with E-state index in [1.807, 2.05) is 0 Å². The van der Waals surface area contributed by atoms with Crippen LogP contribution in [0.3, 0.4) is 0 Å². The Balaban J connectivity index is -0.000000274. The zero-order valence-electron chi connectivity index (χ0n) is 17.0. The molecule has 27 heavy (non-hydrogen) atoms. The molecule has 0 aliphatic carbocycles. The van der Waals surface area contributed by atoms with Crippen LogP contribution < -0.4 is 34.0 Å². The maximum Gasteiger partial charge on any atom is 0 e. The summed E-state index contributed by atoms with van der Waals surface area (Å²) >= 11 is 0. The summed E-state index contributed by atoms with van der Waals surface area (Å²) in [4.78, 5) is 0.